The van der Waals surface area contributed by atoms with Crippen molar-refractivity contribution in [2.45, 2.75) is 20.3 Å². The van der Waals surface area contributed by atoms with Crippen LogP contribution in [-0.2, 0) is 6.42 Å². The number of allylic oxidation sites excluding steroid dienone is 1. The molecule has 0 spiro atoms. The van der Waals surface area contributed by atoms with Gasteiger partial charge < -0.3 is 0 Å². The molecule has 0 nitrogen and oxygen atoms in total. The van der Waals surface area contributed by atoms with E-state index in [1.54, 1.807) is 0 Å². The monoisotopic (exact) mass is 220 g/mol. The van der Waals surface area contributed by atoms with Crippen LogP contribution in [0.1, 0.15) is 27.8 Å². The summed E-state index contributed by atoms with van der Waals surface area (Å²) in [6.07, 6.45) is 3.42. The Bertz CT molecular complexity index is 603. The van der Waals surface area contributed by atoms with Crippen LogP contribution in [0.4, 0.5) is 0 Å². The normalized spacial score (nSPS) is 13.4. The van der Waals surface area contributed by atoms with Gasteiger partial charge in [0.2, 0.25) is 0 Å². The minimum Gasteiger partial charge on any atom is -0.0716 e. The lowest BCUT2D eigenvalue weighted by molar-refractivity contribution is 1.31. The highest BCUT2D eigenvalue weighted by Crippen LogP contribution is 2.34. The van der Waals surface area contributed by atoms with E-state index in [2.05, 4.69) is 62.4 Å². The summed E-state index contributed by atoms with van der Waals surface area (Å²) in [6.45, 7) is 4.35. The molecule has 0 amide bonds. The Balaban J connectivity index is 2.16. The van der Waals surface area contributed by atoms with E-state index in [-0.39, 0.29) is 0 Å². The molecule has 17 heavy (non-hydrogen) atoms. The predicted molar refractivity (Wildman–Crippen MR) is 73.1 cm³/mol. The second kappa shape index (κ2) is 3.89. The van der Waals surface area contributed by atoms with E-state index in [1.807, 2.05) is 0 Å². The van der Waals surface area contributed by atoms with Gasteiger partial charge in [0, 0.05) is 0 Å². The summed E-state index contributed by atoms with van der Waals surface area (Å²) < 4.78 is 0. The van der Waals surface area contributed by atoms with Crippen molar-refractivity contribution in [3.05, 3.63) is 76.4 Å². The second-order valence-electron chi connectivity index (χ2n) is 4.80. The molecule has 84 valence electrons. The first-order chi connectivity index (χ1) is 8.25. The van der Waals surface area contributed by atoms with Gasteiger partial charge in [0.15, 0.2) is 0 Å². The van der Waals surface area contributed by atoms with Gasteiger partial charge in [-0.15, -0.1) is 0 Å². The van der Waals surface area contributed by atoms with Crippen molar-refractivity contribution in [3.63, 3.8) is 0 Å². The van der Waals surface area contributed by atoms with E-state index < -0.39 is 0 Å². The number of aryl methyl sites for hydroxylation is 2. The SMILES string of the molecule is Cc1ccc(C)c(C2=CCc3ccccc32)c1. The molecule has 0 saturated carbocycles. The fraction of sp³-hybridized carbons (Fsp3) is 0.176. The molecular formula is C17H16. The van der Waals surface area contributed by atoms with Crippen LogP contribution in [0.25, 0.3) is 5.57 Å². The number of rotatable bonds is 1. The fourth-order valence-electron chi connectivity index (χ4n) is 2.56. The smallest absolute Gasteiger partial charge is 0.00819 e. The first-order valence-corrected chi connectivity index (χ1v) is 6.12. The minimum absolute atomic E-state index is 1.07. The summed E-state index contributed by atoms with van der Waals surface area (Å²) in [7, 11) is 0. The number of benzene rings is 2. The maximum Gasteiger partial charge on any atom is -0.00819 e. The highest BCUT2D eigenvalue weighted by atomic mass is 14.2. The topological polar surface area (TPSA) is 0 Å². The predicted octanol–water partition coefficient (Wildman–Crippen LogP) is 4.29. The van der Waals surface area contributed by atoms with Crippen LogP contribution < -0.4 is 0 Å². The van der Waals surface area contributed by atoms with E-state index in [0.717, 1.165) is 6.42 Å². The Morgan fingerprint density at radius 1 is 0.882 bits per heavy atom. The molecule has 0 unspecified atom stereocenters. The van der Waals surface area contributed by atoms with Gasteiger partial charge in [-0.2, -0.15) is 0 Å². The summed E-state index contributed by atoms with van der Waals surface area (Å²) in [5.41, 5.74) is 8.33. The van der Waals surface area contributed by atoms with Gasteiger partial charge in [-0.1, -0.05) is 54.1 Å². The average Bonchev–Trinajstić information content (AvgIpc) is 2.76. The lowest BCUT2D eigenvalue weighted by Crippen LogP contribution is -1.91. The van der Waals surface area contributed by atoms with Crippen molar-refractivity contribution in [1.29, 1.82) is 0 Å². The van der Waals surface area contributed by atoms with Crippen molar-refractivity contribution in [2.75, 3.05) is 0 Å². The van der Waals surface area contributed by atoms with E-state index in [0.29, 0.717) is 0 Å². The Kier molecular flexibility index (Phi) is 2.36. The molecule has 2 aromatic rings. The highest BCUT2D eigenvalue weighted by Gasteiger charge is 2.16. The minimum atomic E-state index is 1.07. The zero-order valence-corrected chi connectivity index (χ0v) is 10.3. The molecule has 0 radical (unpaired) electrons. The zero-order valence-electron chi connectivity index (χ0n) is 10.3. The molecule has 1 aliphatic rings. The number of fused-ring (bicyclic) bond motifs is 1. The Labute approximate surface area is 103 Å². The maximum absolute atomic E-state index is 2.35. The van der Waals surface area contributed by atoms with E-state index in [1.165, 1.54) is 33.4 Å². The fourth-order valence-corrected chi connectivity index (χ4v) is 2.56. The quantitative estimate of drug-likeness (QED) is 0.672. The van der Waals surface area contributed by atoms with Crippen LogP contribution in [0.3, 0.4) is 0 Å². The van der Waals surface area contributed by atoms with Gasteiger partial charge in [0.05, 0.1) is 0 Å². The summed E-state index contributed by atoms with van der Waals surface area (Å²) in [5, 5.41) is 0. The van der Waals surface area contributed by atoms with Crippen molar-refractivity contribution >= 4 is 5.57 Å². The van der Waals surface area contributed by atoms with Crippen molar-refractivity contribution < 1.29 is 0 Å². The number of hydrogen-bond acceptors (Lipinski definition) is 0. The van der Waals surface area contributed by atoms with E-state index in [4.69, 9.17) is 0 Å². The Morgan fingerprint density at radius 3 is 2.59 bits per heavy atom. The summed E-state index contributed by atoms with van der Waals surface area (Å²) in [5.74, 6) is 0. The Morgan fingerprint density at radius 2 is 1.71 bits per heavy atom. The van der Waals surface area contributed by atoms with Crippen LogP contribution in [0.5, 0.6) is 0 Å². The van der Waals surface area contributed by atoms with Gasteiger partial charge in [-0.3, -0.25) is 0 Å². The highest BCUT2D eigenvalue weighted by molar-refractivity contribution is 5.86. The van der Waals surface area contributed by atoms with Gasteiger partial charge in [0.25, 0.3) is 0 Å². The molecule has 0 atom stereocenters. The molecular weight excluding hydrogens is 204 g/mol. The van der Waals surface area contributed by atoms with Gasteiger partial charge in [-0.25, -0.2) is 0 Å². The standard InChI is InChI=1S/C17H16/c1-12-7-8-13(2)17(11-12)16-10-9-14-5-3-4-6-15(14)16/h3-8,10-11H,9H2,1-2H3. The molecule has 0 saturated heterocycles. The largest absolute Gasteiger partial charge is 0.0716 e. The van der Waals surface area contributed by atoms with E-state index >= 15 is 0 Å². The summed E-state index contributed by atoms with van der Waals surface area (Å²) >= 11 is 0. The maximum atomic E-state index is 2.35. The molecule has 1 aliphatic carbocycles. The molecule has 0 fully saturated rings. The van der Waals surface area contributed by atoms with Gasteiger partial charge >= 0.3 is 0 Å². The van der Waals surface area contributed by atoms with Gasteiger partial charge in [0.1, 0.15) is 0 Å². The van der Waals surface area contributed by atoms with Crippen LogP contribution >= 0.6 is 0 Å². The van der Waals surface area contributed by atoms with Crippen molar-refractivity contribution in [1.82, 2.24) is 0 Å². The van der Waals surface area contributed by atoms with Crippen LogP contribution in [-0.4, -0.2) is 0 Å². The second-order valence-corrected chi connectivity index (χ2v) is 4.80. The third kappa shape index (κ3) is 1.70. The van der Waals surface area contributed by atoms with Crippen molar-refractivity contribution in [3.8, 4) is 0 Å². The lowest BCUT2D eigenvalue weighted by atomic mass is 9.94. The summed E-state index contributed by atoms with van der Waals surface area (Å²) in [4.78, 5) is 0. The third-order valence-corrected chi connectivity index (χ3v) is 3.52. The molecule has 0 bridgehead atoms. The molecule has 0 aromatic heterocycles. The molecule has 0 heteroatoms. The zero-order chi connectivity index (χ0) is 11.8. The third-order valence-electron chi connectivity index (χ3n) is 3.52. The Hall–Kier alpha value is -1.82. The molecule has 3 rings (SSSR count). The van der Waals surface area contributed by atoms with Crippen molar-refractivity contribution in [2.24, 2.45) is 0 Å². The molecule has 0 aliphatic heterocycles. The van der Waals surface area contributed by atoms with Crippen LogP contribution in [0.2, 0.25) is 0 Å². The van der Waals surface area contributed by atoms with Gasteiger partial charge in [-0.05, 0) is 48.1 Å². The van der Waals surface area contributed by atoms with E-state index in [9.17, 15) is 0 Å². The summed E-state index contributed by atoms with van der Waals surface area (Å²) in [6, 6.07) is 15.4. The first kappa shape index (κ1) is 10.3. The van der Waals surface area contributed by atoms with Crippen LogP contribution in [0, 0.1) is 13.8 Å². The molecule has 0 N–H and O–H groups in total. The molecule has 0 heterocycles. The molecule has 2 aromatic carbocycles. The first-order valence-electron chi connectivity index (χ1n) is 6.12. The lowest BCUT2D eigenvalue weighted by Gasteiger charge is -2.10. The average molecular weight is 220 g/mol. The van der Waals surface area contributed by atoms with Crippen LogP contribution in [0.15, 0.2) is 48.5 Å². The number of hydrogen-bond donors (Lipinski definition) is 0.